The molecule has 9 heteroatoms. The smallest absolute Gasteiger partial charge is 0.268 e. The second-order valence-corrected chi connectivity index (χ2v) is 7.06. The van der Waals surface area contributed by atoms with E-state index in [1.54, 1.807) is 18.5 Å². The van der Waals surface area contributed by atoms with Crippen molar-refractivity contribution in [3.8, 4) is 0 Å². The van der Waals surface area contributed by atoms with Gasteiger partial charge in [-0.25, -0.2) is 9.97 Å². The minimum absolute atomic E-state index is 0.164. The van der Waals surface area contributed by atoms with Gasteiger partial charge in [0.1, 0.15) is 22.7 Å². The predicted octanol–water partition coefficient (Wildman–Crippen LogP) is 3.16. The van der Waals surface area contributed by atoms with Crippen LogP contribution in [0.1, 0.15) is 28.3 Å². The number of H-pyrrole nitrogens is 1. The molecular weight excluding hydrogens is 413 g/mol. The molecule has 0 aliphatic rings. The fraction of sp³-hybridized carbons (Fsp3) is 0.200. The van der Waals surface area contributed by atoms with Crippen molar-refractivity contribution in [1.29, 1.82) is 0 Å². The van der Waals surface area contributed by atoms with Gasteiger partial charge >= 0.3 is 0 Å². The molecule has 0 saturated heterocycles. The van der Waals surface area contributed by atoms with Crippen LogP contribution in [-0.4, -0.2) is 32.8 Å². The van der Waals surface area contributed by atoms with E-state index in [-0.39, 0.29) is 28.3 Å². The third-order valence-corrected chi connectivity index (χ3v) is 4.89. The van der Waals surface area contributed by atoms with Crippen LogP contribution in [0.25, 0.3) is 0 Å². The van der Waals surface area contributed by atoms with Crippen LogP contribution in [0.5, 0.6) is 0 Å². The second-order valence-electron chi connectivity index (χ2n) is 6.28. The van der Waals surface area contributed by atoms with E-state index in [4.69, 9.17) is 23.2 Å². The van der Waals surface area contributed by atoms with Crippen molar-refractivity contribution < 1.29 is 9.59 Å². The van der Waals surface area contributed by atoms with Crippen LogP contribution in [0, 0.1) is 0 Å². The highest BCUT2D eigenvalue weighted by atomic mass is 35.5. The Hall–Kier alpha value is -2.90. The number of aromatic nitrogens is 3. The Labute approximate surface area is 177 Å². The van der Waals surface area contributed by atoms with Crippen LogP contribution in [0.4, 0.5) is 0 Å². The summed E-state index contributed by atoms with van der Waals surface area (Å²) < 4.78 is 0. The summed E-state index contributed by atoms with van der Waals surface area (Å²) in [6, 6.07) is 12.1. The number of aryl methyl sites for hydroxylation is 1. The van der Waals surface area contributed by atoms with Gasteiger partial charge in [-0.1, -0.05) is 53.5 Å². The molecule has 0 spiro atoms. The SMILES string of the molecule is O=C(N[C@@H](CCc1ccccc1)C(=O)NCc1ncccn1)c1cc(Cl)c(Cl)[nH]1. The highest BCUT2D eigenvalue weighted by molar-refractivity contribution is 6.41. The molecule has 0 saturated carbocycles. The molecule has 0 aliphatic carbocycles. The number of rotatable bonds is 8. The Morgan fingerprint density at radius 2 is 1.79 bits per heavy atom. The fourth-order valence-corrected chi connectivity index (χ4v) is 3.01. The molecule has 150 valence electrons. The molecule has 0 radical (unpaired) electrons. The lowest BCUT2D eigenvalue weighted by molar-refractivity contribution is -0.123. The zero-order valence-corrected chi connectivity index (χ0v) is 16.9. The van der Waals surface area contributed by atoms with Crippen LogP contribution in [0.3, 0.4) is 0 Å². The number of aromatic amines is 1. The summed E-state index contributed by atoms with van der Waals surface area (Å²) in [6.07, 6.45) is 4.23. The first kappa shape index (κ1) is 20.8. The number of carbonyl (C=O) groups excluding carboxylic acids is 2. The van der Waals surface area contributed by atoms with Crippen molar-refractivity contribution in [2.75, 3.05) is 0 Å². The van der Waals surface area contributed by atoms with E-state index >= 15 is 0 Å². The van der Waals surface area contributed by atoms with Crippen molar-refractivity contribution in [1.82, 2.24) is 25.6 Å². The van der Waals surface area contributed by atoms with Crippen molar-refractivity contribution >= 4 is 35.0 Å². The normalized spacial score (nSPS) is 11.7. The molecule has 0 aliphatic heterocycles. The van der Waals surface area contributed by atoms with Gasteiger partial charge in [-0.2, -0.15) is 0 Å². The Morgan fingerprint density at radius 3 is 2.45 bits per heavy atom. The molecule has 29 heavy (non-hydrogen) atoms. The van der Waals surface area contributed by atoms with Gasteiger partial charge in [-0.15, -0.1) is 0 Å². The summed E-state index contributed by atoms with van der Waals surface area (Å²) in [4.78, 5) is 36.1. The lowest BCUT2D eigenvalue weighted by Crippen LogP contribution is -2.47. The number of nitrogens with one attached hydrogen (secondary N) is 3. The molecule has 2 heterocycles. The van der Waals surface area contributed by atoms with Crippen LogP contribution in [-0.2, 0) is 17.8 Å². The Balaban J connectivity index is 1.67. The van der Waals surface area contributed by atoms with Crippen LogP contribution < -0.4 is 10.6 Å². The maximum atomic E-state index is 12.7. The number of hydrogen-bond acceptors (Lipinski definition) is 4. The van der Waals surface area contributed by atoms with Gasteiger partial charge in [0.2, 0.25) is 5.91 Å². The lowest BCUT2D eigenvalue weighted by atomic mass is 10.0. The molecule has 3 rings (SSSR count). The van der Waals surface area contributed by atoms with Gasteiger partial charge in [0, 0.05) is 12.4 Å². The summed E-state index contributed by atoms with van der Waals surface area (Å²) in [6.45, 7) is 0.164. The van der Waals surface area contributed by atoms with Crippen molar-refractivity contribution in [2.45, 2.75) is 25.4 Å². The largest absolute Gasteiger partial charge is 0.347 e. The topological polar surface area (TPSA) is 99.8 Å². The van der Waals surface area contributed by atoms with Gasteiger partial charge in [-0.3, -0.25) is 9.59 Å². The lowest BCUT2D eigenvalue weighted by Gasteiger charge is -2.18. The van der Waals surface area contributed by atoms with Gasteiger partial charge in [0.15, 0.2) is 0 Å². The summed E-state index contributed by atoms with van der Waals surface area (Å²) >= 11 is 11.8. The van der Waals surface area contributed by atoms with E-state index in [9.17, 15) is 9.59 Å². The highest BCUT2D eigenvalue weighted by Gasteiger charge is 2.22. The Bertz CT molecular complexity index is 944. The monoisotopic (exact) mass is 431 g/mol. The quantitative estimate of drug-likeness (QED) is 0.509. The average Bonchev–Trinajstić information content (AvgIpc) is 3.09. The van der Waals surface area contributed by atoms with Crippen LogP contribution in [0.2, 0.25) is 10.2 Å². The van der Waals surface area contributed by atoms with Gasteiger partial charge in [0.25, 0.3) is 5.91 Å². The average molecular weight is 432 g/mol. The van der Waals surface area contributed by atoms with E-state index in [0.717, 1.165) is 5.56 Å². The second kappa shape index (κ2) is 10.0. The molecule has 0 fully saturated rings. The highest BCUT2D eigenvalue weighted by Crippen LogP contribution is 2.21. The van der Waals surface area contributed by atoms with Crippen LogP contribution >= 0.6 is 23.2 Å². The third kappa shape index (κ3) is 6.04. The summed E-state index contributed by atoms with van der Waals surface area (Å²) in [5.74, 6) is -0.314. The molecule has 3 N–H and O–H groups in total. The maximum absolute atomic E-state index is 12.7. The number of benzene rings is 1. The van der Waals surface area contributed by atoms with Gasteiger partial charge in [0.05, 0.1) is 11.6 Å². The molecular formula is C20H19Cl2N5O2. The summed E-state index contributed by atoms with van der Waals surface area (Å²) in [7, 11) is 0. The minimum atomic E-state index is -0.757. The Morgan fingerprint density at radius 1 is 1.07 bits per heavy atom. The molecule has 0 bridgehead atoms. The molecule has 3 aromatic rings. The van der Waals surface area contributed by atoms with Gasteiger partial charge < -0.3 is 15.6 Å². The van der Waals surface area contributed by atoms with E-state index in [1.807, 2.05) is 30.3 Å². The first-order valence-corrected chi connectivity index (χ1v) is 9.71. The Kier molecular flexibility index (Phi) is 7.21. The minimum Gasteiger partial charge on any atom is -0.347 e. The fourth-order valence-electron chi connectivity index (χ4n) is 2.70. The van der Waals surface area contributed by atoms with Crippen LogP contribution in [0.15, 0.2) is 54.9 Å². The summed E-state index contributed by atoms with van der Waals surface area (Å²) in [5.41, 5.74) is 1.25. The van der Waals surface area contributed by atoms with E-state index in [0.29, 0.717) is 18.7 Å². The van der Waals surface area contributed by atoms with Crippen molar-refractivity contribution in [2.24, 2.45) is 0 Å². The number of halogens is 2. The molecule has 7 nitrogen and oxygen atoms in total. The maximum Gasteiger partial charge on any atom is 0.268 e. The van der Waals surface area contributed by atoms with E-state index < -0.39 is 11.9 Å². The standard InChI is InChI=1S/C20H19Cl2N5O2/c21-14-11-16(26-18(14)22)20(29)27-15(8-7-13-5-2-1-3-6-13)19(28)25-12-17-23-9-4-10-24-17/h1-6,9-11,15,26H,7-8,12H2,(H,25,28)(H,27,29)/t15-/m0/s1. The van der Waals surface area contributed by atoms with Gasteiger partial charge in [-0.05, 0) is 30.5 Å². The molecule has 0 unspecified atom stereocenters. The molecule has 1 atom stereocenters. The molecule has 2 aromatic heterocycles. The number of amides is 2. The van der Waals surface area contributed by atoms with E-state index in [1.165, 1.54) is 6.07 Å². The number of carbonyl (C=O) groups is 2. The first-order valence-electron chi connectivity index (χ1n) is 8.95. The third-order valence-electron chi connectivity index (χ3n) is 4.20. The van der Waals surface area contributed by atoms with Crippen molar-refractivity contribution in [3.05, 3.63) is 82.1 Å². The number of nitrogens with zero attached hydrogens (tertiary/aromatic N) is 2. The number of hydrogen-bond donors (Lipinski definition) is 3. The predicted molar refractivity (Wildman–Crippen MR) is 111 cm³/mol. The zero-order valence-electron chi connectivity index (χ0n) is 15.4. The molecule has 1 aromatic carbocycles. The molecule has 2 amide bonds. The zero-order chi connectivity index (χ0) is 20.6. The summed E-state index contributed by atoms with van der Waals surface area (Å²) in [5, 5.41) is 5.92. The van der Waals surface area contributed by atoms with E-state index in [2.05, 4.69) is 25.6 Å². The van der Waals surface area contributed by atoms with Crippen molar-refractivity contribution in [3.63, 3.8) is 0 Å². The first-order chi connectivity index (χ1) is 14.0.